The van der Waals surface area contributed by atoms with Crippen molar-refractivity contribution in [3.63, 3.8) is 0 Å². The second-order valence-electron chi connectivity index (χ2n) is 4.66. The maximum absolute atomic E-state index is 9.61. The molecule has 1 heterocycles. The number of hydrogen-bond acceptors (Lipinski definition) is 3. The van der Waals surface area contributed by atoms with Crippen LogP contribution in [0.5, 0.6) is 0 Å². The van der Waals surface area contributed by atoms with Crippen LogP contribution in [0.1, 0.15) is 32.1 Å². The smallest absolute Gasteiger partial charge is 0.0622 e. The number of ether oxygens (including phenoxy) is 1. The van der Waals surface area contributed by atoms with Crippen LogP contribution in [0.4, 0.5) is 0 Å². The van der Waals surface area contributed by atoms with E-state index in [-0.39, 0.29) is 6.10 Å². The van der Waals surface area contributed by atoms with Gasteiger partial charge in [0.1, 0.15) is 0 Å². The van der Waals surface area contributed by atoms with Crippen LogP contribution in [0.25, 0.3) is 0 Å². The lowest BCUT2D eigenvalue weighted by Gasteiger charge is -2.36. The summed E-state index contributed by atoms with van der Waals surface area (Å²) in [4.78, 5) is 2.43. The summed E-state index contributed by atoms with van der Waals surface area (Å²) in [6.45, 7) is 1.79. The van der Waals surface area contributed by atoms with Gasteiger partial charge in [0.15, 0.2) is 0 Å². The highest BCUT2D eigenvalue weighted by Crippen LogP contribution is 2.25. The molecule has 3 unspecified atom stereocenters. The highest BCUT2D eigenvalue weighted by molar-refractivity contribution is 4.83. The van der Waals surface area contributed by atoms with E-state index in [0.717, 1.165) is 32.5 Å². The van der Waals surface area contributed by atoms with Crippen molar-refractivity contribution in [3.05, 3.63) is 0 Å². The van der Waals surface area contributed by atoms with Gasteiger partial charge in [-0.25, -0.2) is 0 Å². The van der Waals surface area contributed by atoms with E-state index in [1.54, 1.807) is 0 Å². The zero-order valence-corrected chi connectivity index (χ0v) is 8.98. The summed E-state index contributed by atoms with van der Waals surface area (Å²) in [5.41, 5.74) is 0. The van der Waals surface area contributed by atoms with Crippen LogP contribution in [-0.4, -0.2) is 48.5 Å². The fraction of sp³-hybridized carbons (Fsp3) is 1.00. The van der Waals surface area contributed by atoms with Gasteiger partial charge in [-0.05, 0) is 39.2 Å². The molecule has 3 atom stereocenters. The summed E-state index contributed by atoms with van der Waals surface area (Å²) >= 11 is 0. The minimum Gasteiger partial charge on any atom is -0.393 e. The van der Waals surface area contributed by atoms with Gasteiger partial charge in [0.05, 0.1) is 12.7 Å². The molecule has 0 radical (unpaired) electrons. The minimum atomic E-state index is -0.0708. The molecule has 0 amide bonds. The van der Waals surface area contributed by atoms with Crippen molar-refractivity contribution in [2.75, 3.05) is 20.3 Å². The van der Waals surface area contributed by atoms with Gasteiger partial charge in [-0.1, -0.05) is 0 Å². The Kier molecular flexibility index (Phi) is 3.42. The second kappa shape index (κ2) is 4.60. The summed E-state index contributed by atoms with van der Waals surface area (Å²) in [6, 6.07) is 1.16. The summed E-state index contributed by atoms with van der Waals surface area (Å²) in [6.07, 6.45) is 5.44. The molecule has 1 N–H and O–H groups in total. The van der Waals surface area contributed by atoms with E-state index in [9.17, 15) is 5.11 Å². The van der Waals surface area contributed by atoms with Gasteiger partial charge >= 0.3 is 0 Å². The first-order chi connectivity index (χ1) is 6.77. The SMILES string of the molecule is CN(C1CCOC1)C1CCCC(O)C1. The maximum Gasteiger partial charge on any atom is 0.0622 e. The Morgan fingerprint density at radius 3 is 2.71 bits per heavy atom. The number of nitrogens with zero attached hydrogens (tertiary/aromatic N) is 1. The first-order valence-corrected chi connectivity index (χ1v) is 5.75. The minimum absolute atomic E-state index is 0.0708. The van der Waals surface area contributed by atoms with Crippen LogP contribution in [0.2, 0.25) is 0 Å². The number of hydrogen-bond donors (Lipinski definition) is 1. The molecule has 2 rings (SSSR count). The summed E-state index contributed by atoms with van der Waals surface area (Å²) in [7, 11) is 2.18. The van der Waals surface area contributed by atoms with E-state index in [1.165, 1.54) is 12.8 Å². The number of likely N-dealkylation sites (N-methyl/N-ethyl adjacent to an activating group) is 1. The molecule has 2 fully saturated rings. The zero-order chi connectivity index (χ0) is 9.97. The monoisotopic (exact) mass is 199 g/mol. The van der Waals surface area contributed by atoms with Gasteiger partial charge in [0, 0.05) is 18.7 Å². The van der Waals surface area contributed by atoms with Gasteiger partial charge in [-0.2, -0.15) is 0 Å². The fourth-order valence-corrected chi connectivity index (χ4v) is 2.65. The second-order valence-corrected chi connectivity index (χ2v) is 4.66. The van der Waals surface area contributed by atoms with E-state index >= 15 is 0 Å². The third kappa shape index (κ3) is 2.27. The Morgan fingerprint density at radius 2 is 2.07 bits per heavy atom. The lowest BCUT2D eigenvalue weighted by Crippen LogP contribution is -2.44. The Balaban J connectivity index is 1.86. The molecule has 3 nitrogen and oxygen atoms in total. The summed E-state index contributed by atoms with van der Waals surface area (Å²) in [5.74, 6) is 0. The lowest BCUT2D eigenvalue weighted by molar-refractivity contribution is 0.0506. The third-order valence-electron chi connectivity index (χ3n) is 3.68. The average Bonchev–Trinajstić information content (AvgIpc) is 2.69. The van der Waals surface area contributed by atoms with E-state index in [0.29, 0.717) is 12.1 Å². The molecule has 0 spiro atoms. The molecule has 14 heavy (non-hydrogen) atoms. The molecule has 1 saturated heterocycles. The van der Waals surface area contributed by atoms with Crippen LogP contribution in [0.15, 0.2) is 0 Å². The molecule has 1 aliphatic carbocycles. The zero-order valence-electron chi connectivity index (χ0n) is 8.98. The molecular formula is C11H21NO2. The van der Waals surface area contributed by atoms with Crippen molar-refractivity contribution < 1.29 is 9.84 Å². The van der Waals surface area contributed by atoms with Gasteiger partial charge in [0.25, 0.3) is 0 Å². The average molecular weight is 199 g/mol. The quantitative estimate of drug-likeness (QED) is 0.720. The molecule has 0 aromatic rings. The van der Waals surface area contributed by atoms with E-state index in [4.69, 9.17) is 4.74 Å². The molecule has 0 aromatic heterocycles. The molecule has 1 aliphatic heterocycles. The highest BCUT2D eigenvalue weighted by atomic mass is 16.5. The van der Waals surface area contributed by atoms with E-state index in [1.807, 2.05) is 0 Å². The predicted molar refractivity (Wildman–Crippen MR) is 55.2 cm³/mol. The topological polar surface area (TPSA) is 32.7 Å². The highest BCUT2D eigenvalue weighted by Gasteiger charge is 2.29. The number of aliphatic hydroxyl groups is 1. The third-order valence-corrected chi connectivity index (χ3v) is 3.68. The Labute approximate surface area is 86.0 Å². The van der Waals surface area contributed by atoms with Crippen molar-refractivity contribution in [3.8, 4) is 0 Å². The van der Waals surface area contributed by atoms with Crippen molar-refractivity contribution in [2.24, 2.45) is 0 Å². The van der Waals surface area contributed by atoms with Gasteiger partial charge in [-0.15, -0.1) is 0 Å². The Bertz CT molecular complexity index is 180. The Morgan fingerprint density at radius 1 is 1.21 bits per heavy atom. The fourth-order valence-electron chi connectivity index (χ4n) is 2.65. The van der Waals surface area contributed by atoms with Gasteiger partial charge < -0.3 is 9.84 Å². The van der Waals surface area contributed by atoms with Crippen LogP contribution >= 0.6 is 0 Å². The van der Waals surface area contributed by atoms with Crippen LogP contribution in [0.3, 0.4) is 0 Å². The van der Waals surface area contributed by atoms with Crippen LogP contribution in [0, 0.1) is 0 Å². The van der Waals surface area contributed by atoms with Crippen LogP contribution in [-0.2, 0) is 4.74 Å². The first kappa shape index (κ1) is 10.4. The molecule has 2 aliphatic rings. The van der Waals surface area contributed by atoms with E-state index in [2.05, 4.69) is 11.9 Å². The van der Waals surface area contributed by atoms with Gasteiger partial charge in [-0.3, -0.25) is 4.90 Å². The standard InChI is InChI=1S/C11H21NO2/c1-12(10-5-6-14-8-10)9-3-2-4-11(13)7-9/h9-11,13H,2-8H2,1H3. The van der Waals surface area contributed by atoms with Crippen molar-refractivity contribution in [1.82, 2.24) is 4.90 Å². The van der Waals surface area contributed by atoms with Crippen molar-refractivity contribution in [2.45, 2.75) is 50.3 Å². The summed E-state index contributed by atoms with van der Waals surface area (Å²) < 4.78 is 5.39. The predicted octanol–water partition coefficient (Wildman–Crippen LogP) is 1.01. The first-order valence-electron chi connectivity index (χ1n) is 5.75. The number of rotatable bonds is 2. The Hall–Kier alpha value is -0.120. The van der Waals surface area contributed by atoms with Gasteiger partial charge in [0.2, 0.25) is 0 Å². The molecule has 82 valence electrons. The largest absolute Gasteiger partial charge is 0.393 e. The summed E-state index contributed by atoms with van der Waals surface area (Å²) in [5, 5.41) is 9.61. The normalized spacial score (nSPS) is 39.2. The molecule has 1 saturated carbocycles. The van der Waals surface area contributed by atoms with Crippen molar-refractivity contribution >= 4 is 0 Å². The molecule has 0 aromatic carbocycles. The molecule has 3 heteroatoms. The molecular weight excluding hydrogens is 178 g/mol. The van der Waals surface area contributed by atoms with Crippen LogP contribution < -0.4 is 0 Å². The molecule has 0 bridgehead atoms. The number of aliphatic hydroxyl groups excluding tert-OH is 1. The maximum atomic E-state index is 9.61. The lowest BCUT2D eigenvalue weighted by atomic mass is 9.91. The van der Waals surface area contributed by atoms with E-state index < -0.39 is 0 Å². The van der Waals surface area contributed by atoms with Crippen molar-refractivity contribution in [1.29, 1.82) is 0 Å².